The van der Waals surface area contributed by atoms with Gasteiger partial charge in [0.15, 0.2) is 0 Å². The van der Waals surface area contributed by atoms with Crippen molar-refractivity contribution in [2.45, 2.75) is 116 Å². The van der Waals surface area contributed by atoms with Gasteiger partial charge in [0.05, 0.1) is 6.10 Å². The highest BCUT2D eigenvalue weighted by Gasteiger charge is 2.32. The third-order valence-corrected chi connectivity index (χ3v) is 9.02. The number of rotatable bonds is 16. The van der Waals surface area contributed by atoms with Crippen LogP contribution in [0.4, 0.5) is 0 Å². The summed E-state index contributed by atoms with van der Waals surface area (Å²) in [6.45, 7) is 9.20. The van der Waals surface area contributed by atoms with Crippen LogP contribution in [0.15, 0.2) is 0 Å². The van der Waals surface area contributed by atoms with Gasteiger partial charge in [-0.2, -0.15) is 0 Å². The third kappa shape index (κ3) is 13.8. The number of hydrogen-bond acceptors (Lipinski definition) is 2. The first-order valence-electron chi connectivity index (χ1n) is 11.3. The fourth-order valence-corrected chi connectivity index (χ4v) is 5.56. The average molecular weight is 381 g/mol. The number of hydrogen-bond donors (Lipinski definition) is 0. The quantitative estimate of drug-likeness (QED) is 0.168. The molecule has 26 heavy (non-hydrogen) atoms. The van der Waals surface area contributed by atoms with Gasteiger partial charge in [-0.1, -0.05) is 57.9 Å². The Morgan fingerprint density at radius 2 is 1.35 bits per heavy atom. The summed E-state index contributed by atoms with van der Waals surface area (Å²) < 4.78 is 11.1. The Kier molecular flexibility index (Phi) is 14.4. The Morgan fingerprint density at radius 1 is 0.769 bits per heavy atom. The van der Waals surface area contributed by atoms with E-state index in [1.54, 1.807) is 0 Å². The topological polar surface area (TPSA) is 18.5 Å². The summed E-state index contributed by atoms with van der Waals surface area (Å²) >= 11 is 0. The van der Waals surface area contributed by atoms with Gasteiger partial charge in [-0.3, -0.25) is 0 Å². The maximum atomic E-state index is 5.65. The summed E-state index contributed by atoms with van der Waals surface area (Å²) in [6, 6.07) is 2.92. The van der Waals surface area contributed by atoms with Crippen molar-refractivity contribution in [1.29, 1.82) is 0 Å². The molecular weight excluding hydrogens is 336 g/mol. The molecule has 0 bridgehead atoms. The molecule has 3 heteroatoms. The molecule has 0 spiro atoms. The van der Waals surface area contributed by atoms with E-state index < -0.39 is 8.07 Å². The fourth-order valence-electron chi connectivity index (χ4n) is 3.35. The van der Waals surface area contributed by atoms with Crippen molar-refractivity contribution in [3.8, 4) is 11.5 Å². The highest BCUT2D eigenvalue weighted by Crippen LogP contribution is 2.31. The van der Waals surface area contributed by atoms with Crippen LogP contribution in [0.5, 0.6) is 0 Å². The van der Waals surface area contributed by atoms with Crippen molar-refractivity contribution in [1.82, 2.24) is 0 Å². The molecule has 2 nitrogen and oxygen atoms in total. The largest absolute Gasteiger partial charge is 0.381 e. The van der Waals surface area contributed by atoms with Gasteiger partial charge in [0.25, 0.3) is 0 Å². The van der Waals surface area contributed by atoms with Crippen molar-refractivity contribution < 1.29 is 9.47 Å². The monoisotopic (exact) mass is 380 g/mol. The highest BCUT2D eigenvalue weighted by atomic mass is 28.3. The van der Waals surface area contributed by atoms with Crippen LogP contribution in [0.3, 0.4) is 0 Å². The van der Waals surface area contributed by atoms with Crippen LogP contribution in [0.25, 0.3) is 0 Å². The molecule has 0 aliphatic carbocycles. The Bertz CT molecular complexity index is 379. The zero-order valence-corrected chi connectivity index (χ0v) is 18.9. The van der Waals surface area contributed by atoms with E-state index >= 15 is 0 Å². The molecule has 152 valence electrons. The highest BCUT2D eigenvalue weighted by molar-refractivity contribution is 6.88. The van der Waals surface area contributed by atoms with Crippen LogP contribution in [-0.4, -0.2) is 34.0 Å². The molecule has 1 fully saturated rings. The standard InChI is InChI=1S/C23H44O2Si/c1-23(2)25-19-15-18-24-17-13-11-9-7-5-4-6-8-10-12-14-20-26(3)21-16-22-26/h23H,4-13,15-19,21-22H2,1-3H3. The van der Waals surface area contributed by atoms with Crippen LogP contribution in [0.2, 0.25) is 18.6 Å². The molecule has 0 unspecified atom stereocenters. The molecule has 0 atom stereocenters. The third-order valence-electron chi connectivity index (χ3n) is 5.32. The SMILES string of the molecule is CC(C)OCCCOCCCCCCCCCCCC#C[Si]1(C)CCC1. The molecule has 1 heterocycles. The summed E-state index contributed by atoms with van der Waals surface area (Å²) in [5, 5.41) is 0. The van der Waals surface area contributed by atoms with Crippen molar-refractivity contribution in [3.63, 3.8) is 0 Å². The molecule has 1 aliphatic heterocycles. The van der Waals surface area contributed by atoms with Crippen LogP contribution < -0.4 is 0 Å². The first-order valence-corrected chi connectivity index (χ1v) is 14.2. The van der Waals surface area contributed by atoms with Gasteiger partial charge in [-0.25, -0.2) is 0 Å². The van der Waals surface area contributed by atoms with E-state index in [0.29, 0.717) is 6.10 Å². The first kappa shape index (κ1) is 23.7. The van der Waals surface area contributed by atoms with Gasteiger partial charge in [0.2, 0.25) is 0 Å². The van der Waals surface area contributed by atoms with Crippen LogP contribution in [0, 0.1) is 11.5 Å². The molecule has 1 aliphatic rings. The molecule has 0 aromatic rings. The molecule has 0 aromatic carbocycles. The summed E-state index contributed by atoms with van der Waals surface area (Å²) in [4.78, 5) is 0. The smallest absolute Gasteiger partial charge is 0.135 e. The van der Waals surface area contributed by atoms with Gasteiger partial charge in [-0.05, 0) is 45.2 Å². The first-order chi connectivity index (χ1) is 12.6. The molecule has 1 saturated heterocycles. The van der Waals surface area contributed by atoms with E-state index in [1.807, 2.05) is 0 Å². The minimum absolute atomic E-state index is 0.339. The van der Waals surface area contributed by atoms with Crippen molar-refractivity contribution >= 4 is 8.07 Å². The number of ether oxygens (including phenoxy) is 2. The molecule has 0 aromatic heterocycles. The molecule has 1 rings (SSSR count). The van der Waals surface area contributed by atoms with E-state index in [2.05, 4.69) is 31.9 Å². The summed E-state index contributed by atoms with van der Waals surface area (Å²) in [7, 11) is -0.986. The lowest BCUT2D eigenvalue weighted by molar-refractivity contribution is 0.0507. The second kappa shape index (κ2) is 15.7. The van der Waals surface area contributed by atoms with Crippen LogP contribution >= 0.6 is 0 Å². The maximum Gasteiger partial charge on any atom is 0.135 e. The van der Waals surface area contributed by atoms with Crippen LogP contribution in [-0.2, 0) is 9.47 Å². The second-order valence-corrected chi connectivity index (χ2v) is 12.9. The van der Waals surface area contributed by atoms with E-state index in [4.69, 9.17) is 9.47 Å². The Balaban J connectivity index is 1.69. The van der Waals surface area contributed by atoms with Gasteiger partial charge in [0.1, 0.15) is 8.07 Å². The Hall–Kier alpha value is -0.303. The summed E-state index contributed by atoms with van der Waals surface area (Å²) in [6.07, 6.45) is 16.2. The van der Waals surface area contributed by atoms with Crippen LogP contribution in [0.1, 0.15) is 90.9 Å². The van der Waals surface area contributed by atoms with E-state index in [-0.39, 0.29) is 0 Å². The minimum atomic E-state index is -0.986. The lowest BCUT2D eigenvalue weighted by Gasteiger charge is -2.30. The predicted molar refractivity (Wildman–Crippen MR) is 116 cm³/mol. The minimum Gasteiger partial charge on any atom is -0.381 e. The molecule has 0 saturated carbocycles. The normalized spacial score (nSPS) is 15.5. The van der Waals surface area contributed by atoms with Gasteiger partial charge >= 0.3 is 0 Å². The van der Waals surface area contributed by atoms with E-state index in [1.165, 1.54) is 76.3 Å². The van der Waals surface area contributed by atoms with Crippen molar-refractivity contribution in [2.75, 3.05) is 19.8 Å². The zero-order valence-electron chi connectivity index (χ0n) is 17.9. The van der Waals surface area contributed by atoms with E-state index in [0.717, 1.165) is 32.7 Å². The lowest BCUT2D eigenvalue weighted by Crippen LogP contribution is -2.36. The van der Waals surface area contributed by atoms with Crippen molar-refractivity contribution in [2.24, 2.45) is 0 Å². The predicted octanol–water partition coefficient (Wildman–Crippen LogP) is 6.74. The Labute approximate surface area is 164 Å². The van der Waals surface area contributed by atoms with Gasteiger partial charge in [0, 0.05) is 26.2 Å². The number of unbranched alkanes of at least 4 members (excludes halogenated alkanes) is 9. The van der Waals surface area contributed by atoms with Crippen molar-refractivity contribution in [3.05, 3.63) is 0 Å². The summed E-state index contributed by atoms with van der Waals surface area (Å²) in [5.41, 5.74) is 3.62. The molecule has 0 N–H and O–H groups in total. The Morgan fingerprint density at radius 3 is 1.92 bits per heavy atom. The van der Waals surface area contributed by atoms with E-state index in [9.17, 15) is 0 Å². The fraction of sp³-hybridized carbons (Fsp3) is 0.913. The average Bonchev–Trinajstić information content (AvgIpc) is 2.59. The molecule has 0 radical (unpaired) electrons. The van der Waals surface area contributed by atoms with Gasteiger partial charge < -0.3 is 9.47 Å². The lowest BCUT2D eigenvalue weighted by atomic mass is 10.1. The summed E-state index contributed by atoms with van der Waals surface area (Å²) in [5.74, 6) is 3.47. The maximum absolute atomic E-state index is 5.65. The van der Waals surface area contributed by atoms with Gasteiger partial charge in [-0.15, -0.1) is 11.5 Å². The molecule has 0 amide bonds. The molecular formula is C23H44O2Si. The second-order valence-electron chi connectivity index (χ2n) is 8.53. The zero-order chi connectivity index (χ0) is 18.9.